The van der Waals surface area contributed by atoms with Gasteiger partial charge in [-0.15, -0.1) is 0 Å². The number of hydrogen-bond donors (Lipinski definition) is 0. The highest BCUT2D eigenvalue weighted by molar-refractivity contribution is 6.30. The lowest BCUT2D eigenvalue weighted by atomic mass is 10.1. The SMILES string of the molecule is CC1COC(=O)CN1Cc1ccc(Cl)cc1. The molecule has 86 valence electrons. The molecule has 0 aromatic heterocycles. The molecular weight excluding hydrogens is 226 g/mol. The number of esters is 1. The summed E-state index contributed by atoms with van der Waals surface area (Å²) in [6.07, 6.45) is 0. The quantitative estimate of drug-likeness (QED) is 0.741. The van der Waals surface area contributed by atoms with E-state index >= 15 is 0 Å². The fourth-order valence-electron chi connectivity index (χ4n) is 1.72. The van der Waals surface area contributed by atoms with E-state index in [1.54, 1.807) is 0 Å². The highest BCUT2D eigenvalue weighted by atomic mass is 35.5. The average molecular weight is 240 g/mol. The molecule has 0 amide bonds. The molecule has 1 aromatic rings. The fraction of sp³-hybridized carbons (Fsp3) is 0.417. The zero-order chi connectivity index (χ0) is 11.5. The summed E-state index contributed by atoms with van der Waals surface area (Å²) in [6.45, 7) is 3.66. The van der Waals surface area contributed by atoms with Crippen LogP contribution in [-0.2, 0) is 16.1 Å². The number of halogens is 1. The maximum atomic E-state index is 11.2. The highest BCUT2D eigenvalue weighted by Crippen LogP contribution is 2.15. The summed E-state index contributed by atoms with van der Waals surface area (Å²) >= 11 is 5.82. The molecule has 0 spiro atoms. The van der Waals surface area contributed by atoms with Crippen LogP contribution in [0.3, 0.4) is 0 Å². The van der Waals surface area contributed by atoms with Gasteiger partial charge in [0.05, 0.1) is 6.54 Å². The summed E-state index contributed by atoms with van der Waals surface area (Å²) < 4.78 is 4.98. The van der Waals surface area contributed by atoms with Crippen LogP contribution in [0.4, 0.5) is 0 Å². The molecule has 0 bridgehead atoms. The van der Waals surface area contributed by atoms with Crippen molar-refractivity contribution in [3.8, 4) is 0 Å². The van der Waals surface area contributed by atoms with E-state index in [2.05, 4.69) is 11.8 Å². The molecule has 1 fully saturated rings. The molecule has 1 saturated heterocycles. The Morgan fingerprint density at radius 2 is 2.12 bits per heavy atom. The van der Waals surface area contributed by atoms with Crippen LogP contribution in [0.5, 0.6) is 0 Å². The first-order valence-corrected chi connectivity index (χ1v) is 5.67. The summed E-state index contributed by atoms with van der Waals surface area (Å²) in [5.41, 5.74) is 1.16. The molecule has 1 aromatic carbocycles. The van der Waals surface area contributed by atoms with Crippen molar-refractivity contribution in [1.82, 2.24) is 4.90 Å². The van der Waals surface area contributed by atoms with Gasteiger partial charge >= 0.3 is 5.97 Å². The number of hydrogen-bond acceptors (Lipinski definition) is 3. The van der Waals surface area contributed by atoms with Crippen LogP contribution in [0.25, 0.3) is 0 Å². The van der Waals surface area contributed by atoms with Crippen molar-refractivity contribution in [2.45, 2.75) is 19.5 Å². The third kappa shape index (κ3) is 2.74. The van der Waals surface area contributed by atoms with Crippen molar-refractivity contribution in [3.63, 3.8) is 0 Å². The van der Waals surface area contributed by atoms with Gasteiger partial charge in [0.25, 0.3) is 0 Å². The summed E-state index contributed by atoms with van der Waals surface area (Å²) in [5, 5.41) is 0.731. The van der Waals surface area contributed by atoms with Crippen LogP contribution >= 0.6 is 11.6 Å². The molecule has 0 N–H and O–H groups in total. The van der Waals surface area contributed by atoms with Gasteiger partial charge in [0.1, 0.15) is 6.61 Å². The zero-order valence-electron chi connectivity index (χ0n) is 9.15. The molecule has 1 aliphatic heterocycles. The van der Waals surface area contributed by atoms with Crippen LogP contribution in [0, 0.1) is 0 Å². The van der Waals surface area contributed by atoms with Gasteiger partial charge < -0.3 is 4.74 Å². The summed E-state index contributed by atoms with van der Waals surface area (Å²) in [5.74, 6) is -0.146. The van der Waals surface area contributed by atoms with E-state index in [4.69, 9.17) is 16.3 Å². The van der Waals surface area contributed by atoms with Gasteiger partial charge in [-0.2, -0.15) is 0 Å². The molecule has 1 aliphatic rings. The minimum absolute atomic E-state index is 0.146. The molecule has 1 atom stereocenters. The number of morpholine rings is 1. The molecule has 2 rings (SSSR count). The van der Waals surface area contributed by atoms with E-state index in [1.165, 1.54) is 0 Å². The molecular formula is C12H14ClNO2. The molecule has 3 nitrogen and oxygen atoms in total. The molecule has 1 unspecified atom stereocenters. The number of nitrogens with zero attached hydrogens (tertiary/aromatic N) is 1. The summed E-state index contributed by atoms with van der Waals surface area (Å²) in [4.78, 5) is 13.3. The Balaban J connectivity index is 2.02. The molecule has 0 saturated carbocycles. The second kappa shape index (κ2) is 4.85. The van der Waals surface area contributed by atoms with E-state index in [1.807, 2.05) is 24.3 Å². The molecule has 0 radical (unpaired) electrons. The number of carbonyl (C=O) groups excluding carboxylic acids is 1. The first-order chi connectivity index (χ1) is 7.65. The van der Waals surface area contributed by atoms with E-state index in [0.717, 1.165) is 17.1 Å². The van der Waals surface area contributed by atoms with Crippen LogP contribution in [-0.4, -0.2) is 30.1 Å². The number of cyclic esters (lactones) is 1. The van der Waals surface area contributed by atoms with Gasteiger partial charge in [0.2, 0.25) is 0 Å². The number of ether oxygens (including phenoxy) is 1. The second-order valence-corrected chi connectivity index (χ2v) is 4.50. The lowest BCUT2D eigenvalue weighted by molar-refractivity contribution is -0.154. The molecule has 4 heteroatoms. The summed E-state index contributed by atoms with van der Waals surface area (Å²) in [6, 6.07) is 7.96. The van der Waals surface area contributed by atoms with Gasteiger partial charge in [-0.05, 0) is 24.6 Å². The highest BCUT2D eigenvalue weighted by Gasteiger charge is 2.24. The minimum atomic E-state index is -0.146. The minimum Gasteiger partial charge on any atom is -0.463 e. The van der Waals surface area contributed by atoms with Crippen molar-refractivity contribution >= 4 is 17.6 Å². The normalized spacial score (nSPS) is 21.9. The maximum Gasteiger partial charge on any atom is 0.320 e. The largest absolute Gasteiger partial charge is 0.463 e. The lowest BCUT2D eigenvalue weighted by Gasteiger charge is -2.32. The van der Waals surface area contributed by atoms with Crippen molar-refractivity contribution in [1.29, 1.82) is 0 Å². The first-order valence-electron chi connectivity index (χ1n) is 5.29. The monoisotopic (exact) mass is 239 g/mol. The van der Waals surface area contributed by atoms with Crippen LogP contribution in [0.1, 0.15) is 12.5 Å². The predicted octanol–water partition coefficient (Wildman–Crippen LogP) is 2.09. The average Bonchev–Trinajstić information content (AvgIpc) is 2.27. The predicted molar refractivity (Wildman–Crippen MR) is 62.3 cm³/mol. The maximum absolute atomic E-state index is 11.2. The van der Waals surface area contributed by atoms with Crippen molar-refractivity contribution in [3.05, 3.63) is 34.9 Å². The van der Waals surface area contributed by atoms with Crippen LogP contribution in [0.15, 0.2) is 24.3 Å². The third-order valence-electron chi connectivity index (χ3n) is 2.74. The number of benzene rings is 1. The number of rotatable bonds is 2. The van der Waals surface area contributed by atoms with Crippen molar-refractivity contribution in [2.75, 3.05) is 13.2 Å². The third-order valence-corrected chi connectivity index (χ3v) is 2.99. The second-order valence-electron chi connectivity index (χ2n) is 4.06. The van der Waals surface area contributed by atoms with Gasteiger partial charge in [0.15, 0.2) is 0 Å². The number of carbonyl (C=O) groups is 1. The topological polar surface area (TPSA) is 29.5 Å². The summed E-state index contributed by atoms with van der Waals surface area (Å²) in [7, 11) is 0. The Hall–Kier alpha value is -1.06. The van der Waals surface area contributed by atoms with Crippen molar-refractivity contribution < 1.29 is 9.53 Å². The van der Waals surface area contributed by atoms with E-state index in [9.17, 15) is 4.79 Å². The van der Waals surface area contributed by atoms with Gasteiger partial charge in [-0.1, -0.05) is 23.7 Å². The van der Waals surface area contributed by atoms with Crippen LogP contribution in [0.2, 0.25) is 5.02 Å². The van der Waals surface area contributed by atoms with Crippen LogP contribution < -0.4 is 0 Å². The Morgan fingerprint density at radius 1 is 1.44 bits per heavy atom. The van der Waals surface area contributed by atoms with E-state index in [0.29, 0.717) is 13.2 Å². The molecule has 1 heterocycles. The Bertz CT molecular complexity index is 377. The smallest absolute Gasteiger partial charge is 0.320 e. The Kier molecular flexibility index (Phi) is 3.46. The zero-order valence-corrected chi connectivity index (χ0v) is 9.91. The van der Waals surface area contributed by atoms with Gasteiger partial charge in [-0.3, -0.25) is 9.69 Å². The van der Waals surface area contributed by atoms with E-state index < -0.39 is 0 Å². The van der Waals surface area contributed by atoms with Gasteiger partial charge in [0, 0.05) is 17.6 Å². The Labute approximate surface area is 100.0 Å². The first kappa shape index (κ1) is 11.4. The molecule has 16 heavy (non-hydrogen) atoms. The standard InChI is InChI=1S/C12H14ClNO2/c1-9-8-16-12(15)7-14(9)6-10-2-4-11(13)5-3-10/h2-5,9H,6-8H2,1H3. The van der Waals surface area contributed by atoms with Crippen molar-refractivity contribution in [2.24, 2.45) is 0 Å². The lowest BCUT2D eigenvalue weighted by Crippen LogP contribution is -2.45. The fourth-order valence-corrected chi connectivity index (χ4v) is 1.85. The van der Waals surface area contributed by atoms with E-state index in [-0.39, 0.29) is 12.0 Å². The molecule has 0 aliphatic carbocycles. The Morgan fingerprint density at radius 3 is 2.81 bits per heavy atom. The van der Waals surface area contributed by atoms with Gasteiger partial charge in [-0.25, -0.2) is 0 Å².